The van der Waals surface area contributed by atoms with Gasteiger partial charge in [0.2, 0.25) is 5.91 Å². The summed E-state index contributed by atoms with van der Waals surface area (Å²) in [6, 6.07) is 19.6. The van der Waals surface area contributed by atoms with E-state index in [2.05, 4.69) is 0 Å². The number of imide groups is 1. The van der Waals surface area contributed by atoms with Gasteiger partial charge in [0.1, 0.15) is 13.4 Å². The SMILES string of the molecule is O=C(CCCCCOCOCc1ccccc1)N1C(=O)OC[C@H]1Cc1ccccc1. The Morgan fingerprint density at radius 1 is 0.933 bits per heavy atom. The molecule has 3 rings (SSSR count). The van der Waals surface area contributed by atoms with Crippen LogP contribution in [0.25, 0.3) is 0 Å². The van der Waals surface area contributed by atoms with Crippen LogP contribution in [0.3, 0.4) is 0 Å². The number of benzene rings is 2. The molecule has 2 aromatic carbocycles. The first-order valence-corrected chi connectivity index (χ1v) is 10.5. The average Bonchev–Trinajstić information content (AvgIpc) is 3.13. The molecule has 2 amide bonds. The third-order valence-corrected chi connectivity index (χ3v) is 5.00. The average molecular weight is 411 g/mol. The number of nitrogens with zero attached hydrogens (tertiary/aromatic N) is 1. The molecule has 1 fully saturated rings. The summed E-state index contributed by atoms with van der Waals surface area (Å²) in [5.41, 5.74) is 2.20. The Labute approximate surface area is 177 Å². The molecular weight excluding hydrogens is 382 g/mol. The highest BCUT2D eigenvalue weighted by Crippen LogP contribution is 2.19. The largest absolute Gasteiger partial charge is 0.447 e. The van der Waals surface area contributed by atoms with Crippen molar-refractivity contribution < 1.29 is 23.8 Å². The highest BCUT2D eigenvalue weighted by atomic mass is 16.7. The van der Waals surface area contributed by atoms with Crippen LogP contribution in [0.1, 0.15) is 36.8 Å². The fourth-order valence-corrected chi connectivity index (χ4v) is 3.43. The van der Waals surface area contributed by atoms with Gasteiger partial charge >= 0.3 is 6.09 Å². The van der Waals surface area contributed by atoms with Gasteiger partial charge < -0.3 is 14.2 Å². The number of carbonyl (C=O) groups excluding carboxylic acids is 2. The molecule has 1 aliphatic rings. The minimum Gasteiger partial charge on any atom is -0.447 e. The summed E-state index contributed by atoms with van der Waals surface area (Å²) in [5.74, 6) is -0.162. The van der Waals surface area contributed by atoms with Crippen LogP contribution in [-0.4, -0.2) is 42.9 Å². The lowest BCUT2D eigenvalue weighted by Gasteiger charge is -2.19. The third-order valence-electron chi connectivity index (χ3n) is 5.00. The minimum atomic E-state index is -0.528. The second kappa shape index (κ2) is 12.1. The van der Waals surface area contributed by atoms with Crippen LogP contribution in [0.4, 0.5) is 4.79 Å². The Morgan fingerprint density at radius 3 is 2.37 bits per heavy atom. The number of hydrogen-bond acceptors (Lipinski definition) is 5. The van der Waals surface area contributed by atoms with Crippen LogP contribution in [0.5, 0.6) is 0 Å². The zero-order valence-corrected chi connectivity index (χ0v) is 17.2. The van der Waals surface area contributed by atoms with Crippen LogP contribution < -0.4 is 0 Å². The molecule has 6 nitrogen and oxygen atoms in total. The highest BCUT2D eigenvalue weighted by Gasteiger charge is 2.37. The first-order valence-electron chi connectivity index (χ1n) is 10.5. The maximum Gasteiger partial charge on any atom is 0.416 e. The van der Waals surface area contributed by atoms with E-state index < -0.39 is 6.09 Å². The highest BCUT2D eigenvalue weighted by molar-refractivity contribution is 5.93. The van der Waals surface area contributed by atoms with Gasteiger partial charge in [-0.1, -0.05) is 67.1 Å². The lowest BCUT2D eigenvalue weighted by atomic mass is 10.1. The molecule has 30 heavy (non-hydrogen) atoms. The van der Waals surface area contributed by atoms with E-state index in [4.69, 9.17) is 14.2 Å². The second-order valence-corrected chi connectivity index (χ2v) is 7.36. The van der Waals surface area contributed by atoms with E-state index in [1.165, 1.54) is 4.90 Å². The van der Waals surface area contributed by atoms with E-state index in [0.717, 1.165) is 30.4 Å². The number of rotatable bonds is 12. The minimum absolute atomic E-state index is 0.162. The third kappa shape index (κ3) is 6.97. The summed E-state index contributed by atoms with van der Waals surface area (Å²) in [6.45, 7) is 1.64. The van der Waals surface area contributed by atoms with Crippen LogP contribution in [0.15, 0.2) is 60.7 Å². The molecule has 0 bridgehead atoms. The van der Waals surface area contributed by atoms with Crippen LogP contribution in [0.2, 0.25) is 0 Å². The van der Waals surface area contributed by atoms with Crippen LogP contribution in [-0.2, 0) is 32.0 Å². The van der Waals surface area contributed by atoms with E-state index in [9.17, 15) is 9.59 Å². The Balaban J connectivity index is 1.27. The van der Waals surface area contributed by atoms with Gasteiger partial charge in [-0.05, 0) is 30.4 Å². The molecule has 1 aliphatic heterocycles. The lowest BCUT2D eigenvalue weighted by Crippen LogP contribution is -2.40. The van der Waals surface area contributed by atoms with Crippen molar-refractivity contribution in [1.29, 1.82) is 0 Å². The summed E-state index contributed by atoms with van der Waals surface area (Å²) in [5, 5.41) is 0. The maximum atomic E-state index is 12.5. The molecule has 0 aromatic heterocycles. The second-order valence-electron chi connectivity index (χ2n) is 7.36. The van der Waals surface area contributed by atoms with Crippen molar-refractivity contribution in [3.8, 4) is 0 Å². The van der Waals surface area contributed by atoms with Gasteiger partial charge in [0.05, 0.1) is 12.6 Å². The van der Waals surface area contributed by atoms with Crippen molar-refractivity contribution in [2.24, 2.45) is 0 Å². The summed E-state index contributed by atoms with van der Waals surface area (Å²) in [6.07, 6.45) is 2.85. The van der Waals surface area contributed by atoms with Gasteiger partial charge in [-0.3, -0.25) is 4.79 Å². The van der Waals surface area contributed by atoms with E-state index in [1.54, 1.807) is 0 Å². The van der Waals surface area contributed by atoms with Gasteiger partial charge in [0, 0.05) is 13.0 Å². The molecule has 0 spiro atoms. The standard InChI is InChI=1S/C24H29NO5/c26-23(25-22(18-30-24(25)27)16-20-10-4-1-5-11-20)14-8-3-9-15-28-19-29-17-21-12-6-2-7-13-21/h1-2,4-7,10-13,22H,3,8-9,14-19H2/t22-/m1/s1. The Bertz CT molecular complexity index is 781. The van der Waals surface area contributed by atoms with E-state index in [-0.39, 0.29) is 25.3 Å². The Kier molecular flexibility index (Phi) is 8.87. The van der Waals surface area contributed by atoms with Crippen molar-refractivity contribution >= 4 is 12.0 Å². The first kappa shape index (κ1) is 22.0. The van der Waals surface area contributed by atoms with E-state index in [1.807, 2.05) is 60.7 Å². The Morgan fingerprint density at radius 2 is 1.63 bits per heavy atom. The maximum absolute atomic E-state index is 12.5. The molecule has 1 heterocycles. The molecule has 1 saturated heterocycles. The quantitative estimate of drug-likeness (QED) is 0.384. The summed E-state index contributed by atoms with van der Waals surface area (Å²) >= 11 is 0. The number of ether oxygens (including phenoxy) is 3. The molecule has 2 aromatic rings. The van der Waals surface area contributed by atoms with Crippen molar-refractivity contribution in [3.63, 3.8) is 0 Å². The molecule has 160 valence electrons. The van der Waals surface area contributed by atoms with Gasteiger partial charge in [-0.2, -0.15) is 0 Å². The van der Waals surface area contributed by atoms with Gasteiger partial charge in [-0.25, -0.2) is 9.69 Å². The lowest BCUT2D eigenvalue weighted by molar-refractivity contribution is -0.129. The van der Waals surface area contributed by atoms with E-state index >= 15 is 0 Å². The van der Waals surface area contributed by atoms with Crippen molar-refractivity contribution in [3.05, 3.63) is 71.8 Å². The van der Waals surface area contributed by atoms with Gasteiger partial charge in [0.15, 0.2) is 0 Å². The number of cyclic esters (lactones) is 1. The zero-order valence-electron chi connectivity index (χ0n) is 17.2. The Hall–Kier alpha value is -2.70. The molecule has 6 heteroatoms. The molecular formula is C24H29NO5. The first-order chi connectivity index (χ1) is 14.7. The monoisotopic (exact) mass is 411 g/mol. The summed E-state index contributed by atoms with van der Waals surface area (Å²) < 4.78 is 16.1. The number of amides is 2. The molecule has 0 N–H and O–H groups in total. The summed E-state index contributed by atoms with van der Waals surface area (Å²) in [7, 11) is 0. The van der Waals surface area contributed by atoms with Crippen molar-refractivity contribution in [1.82, 2.24) is 4.90 Å². The van der Waals surface area contributed by atoms with Crippen LogP contribution >= 0.6 is 0 Å². The zero-order chi connectivity index (χ0) is 21.0. The normalized spacial score (nSPS) is 15.9. The smallest absolute Gasteiger partial charge is 0.416 e. The fourth-order valence-electron chi connectivity index (χ4n) is 3.43. The number of hydrogen-bond donors (Lipinski definition) is 0. The fraction of sp³-hybridized carbons (Fsp3) is 0.417. The van der Waals surface area contributed by atoms with Crippen molar-refractivity contribution in [2.75, 3.05) is 20.0 Å². The number of unbranched alkanes of at least 4 members (excludes halogenated alkanes) is 2. The van der Waals surface area contributed by atoms with E-state index in [0.29, 0.717) is 26.1 Å². The van der Waals surface area contributed by atoms with Crippen LogP contribution in [0, 0.1) is 0 Å². The molecule has 0 aliphatic carbocycles. The predicted octanol–water partition coefficient (Wildman–Crippen LogP) is 4.33. The predicted molar refractivity (Wildman–Crippen MR) is 113 cm³/mol. The summed E-state index contributed by atoms with van der Waals surface area (Å²) in [4.78, 5) is 25.8. The van der Waals surface area contributed by atoms with Crippen molar-refractivity contribution in [2.45, 2.75) is 44.8 Å². The van der Waals surface area contributed by atoms with Gasteiger partial charge in [0.25, 0.3) is 0 Å². The molecule has 0 unspecified atom stereocenters. The molecule has 0 saturated carbocycles. The topological polar surface area (TPSA) is 65.1 Å². The van der Waals surface area contributed by atoms with Gasteiger partial charge in [-0.15, -0.1) is 0 Å². The molecule has 0 radical (unpaired) electrons. The number of carbonyl (C=O) groups is 2. The molecule has 1 atom stereocenters.